The summed E-state index contributed by atoms with van der Waals surface area (Å²) in [5.74, 6) is 0. The maximum Gasteiger partial charge on any atom is 0.0372 e. The van der Waals surface area contributed by atoms with Gasteiger partial charge in [-0.1, -0.05) is 19.9 Å². The molecule has 0 fully saturated rings. The van der Waals surface area contributed by atoms with Gasteiger partial charge in [-0.2, -0.15) is 0 Å². The summed E-state index contributed by atoms with van der Waals surface area (Å²) in [7, 11) is 1.93. The van der Waals surface area contributed by atoms with Crippen molar-refractivity contribution in [3.05, 3.63) is 29.6 Å². The van der Waals surface area contributed by atoms with Crippen LogP contribution in [0.3, 0.4) is 0 Å². The molecule has 68 valence electrons. The van der Waals surface area contributed by atoms with Gasteiger partial charge in [0.1, 0.15) is 0 Å². The van der Waals surface area contributed by atoms with E-state index in [1.54, 1.807) is 0 Å². The quantitative estimate of drug-likeness (QED) is 0.728. The molecule has 0 spiro atoms. The smallest absolute Gasteiger partial charge is 0.0372 e. The summed E-state index contributed by atoms with van der Waals surface area (Å²) in [4.78, 5) is 4.16. The van der Waals surface area contributed by atoms with Gasteiger partial charge in [0.25, 0.3) is 0 Å². The number of nitrogens with zero attached hydrogens (tertiary/aromatic N) is 1. The molecule has 1 aromatic heterocycles. The number of rotatable bonds is 2. The van der Waals surface area contributed by atoms with E-state index in [0.717, 1.165) is 12.2 Å². The van der Waals surface area contributed by atoms with Crippen LogP contribution in [0.2, 0.25) is 0 Å². The third kappa shape index (κ3) is 4.09. The van der Waals surface area contributed by atoms with Crippen molar-refractivity contribution in [1.29, 1.82) is 0 Å². The van der Waals surface area contributed by atoms with Crippen LogP contribution < -0.4 is 5.32 Å². The molecule has 1 aromatic rings. The number of hydrogen-bond acceptors (Lipinski definition) is 2. The Morgan fingerprint density at radius 2 is 2.00 bits per heavy atom. The van der Waals surface area contributed by atoms with Crippen LogP contribution in [-0.4, -0.2) is 12.0 Å². The summed E-state index contributed by atoms with van der Waals surface area (Å²) in [5.41, 5.74) is 2.30. The Morgan fingerprint density at radius 3 is 2.42 bits per heavy atom. The Bertz CT molecular complexity index is 191. The molecule has 2 nitrogen and oxygen atoms in total. The number of nitrogens with one attached hydrogen (secondary N) is 1. The minimum Gasteiger partial charge on any atom is -0.316 e. The lowest BCUT2D eigenvalue weighted by molar-refractivity contribution is 0.812. The number of aryl methyl sites for hydroxylation is 1. The lowest BCUT2D eigenvalue weighted by atomic mass is 10.2. The highest BCUT2D eigenvalue weighted by atomic mass is 14.8. The average Bonchev–Trinajstić information content (AvgIpc) is 2.13. The Labute approximate surface area is 75.0 Å². The first kappa shape index (κ1) is 11.1. The second-order valence-corrected chi connectivity index (χ2v) is 2.34. The van der Waals surface area contributed by atoms with Crippen molar-refractivity contribution in [2.24, 2.45) is 0 Å². The third-order valence-electron chi connectivity index (χ3n) is 1.35. The molecule has 2 heteroatoms. The highest BCUT2D eigenvalue weighted by Crippen LogP contribution is 1.97. The maximum atomic E-state index is 4.16. The van der Waals surface area contributed by atoms with E-state index in [1.165, 1.54) is 5.56 Å². The Hall–Kier alpha value is -0.890. The van der Waals surface area contributed by atoms with Crippen molar-refractivity contribution in [3.8, 4) is 0 Å². The van der Waals surface area contributed by atoms with Crippen molar-refractivity contribution in [3.63, 3.8) is 0 Å². The minimum absolute atomic E-state index is 0.896. The zero-order chi connectivity index (χ0) is 9.40. The fourth-order valence-corrected chi connectivity index (χ4v) is 0.807. The Kier molecular flexibility index (Phi) is 6.29. The van der Waals surface area contributed by atoms with E-state index >= 15 is 0 Å². The van der Waals surface area contributed by atoms with Gasteiger partial charge in [0, 0.05) is 18.4 Å². The van der Waals surface area contributed by atoms with Crippen molar-refractivity contribution in [2.75, 3.05) is 7.05 Å². The standard InChI is InChI=1S/C8H12N2.C2H6/c1-7-3-4-8(5-9-2)6-10-7;1-2/h3-4,6,9H,5H2,1-2H3;1-2H3. The van der Waals surface area contributed by atoms with Crippen LogP contribution in [0.15, 0.2) is 18.3 Å². The van der Waals surface area contributed by atoms with Crippen LogP contribution in [0.25, 0.3) is 0 Å². The predicted molar refractivity (Wildman–Crippen MR) is 53.1 cm³/mol. The summed E-state index contributed by atoms with van der Waals surface area (Å²) >= 11 is 0. The molecule has 1 rings (SSSR count). The minimum atomic E-state index is 0.896. The van der Waals surface area contributed by atoms with Crippen molar-refractivity contribution in [2.45, 2.75) is 27.3 Å². The van der Waals surface area contributed by atoms with Crippen LogP contribution in [0, 0.1) is 6.92 Å². The van der Waals surface area contributed by atoms with Crippen molar-refractivity contribution >= 4 is 0 Å². The highest BCUT2D eigenvalue weighted by Gasteiger charge is 1.88. The molecule has 1 N–H and O–H groups in total. The van der Waals surface area contributed by atoms with Gasteiger partial charge < -0.3 is 5.32 Å². The molecule has 0 aliphatic carbocycles. The second-order valence-electron chi connectivity index (χ2n) is 2.34. The van der Waals surface area contributed by atoms with Crippen molar-refractivity contribution < 1.29 is 0 Å². The van der Waals surface area contributed by atoms with E-state index in [4.69, 9.17) is 0 Å². The van der Waals surface area contributed by atoms with E-state index in [9.17, 15) is 0 Å². The van der Waals surface area contributed by atoms with Crippen LogP contribution in [0.4, 0.5) is 0 Å². The summed E-state index contributed by atoms with van der Waals surface area (Å²) in [6, 6.07) is 4.10. The van der Waals surface area contributed by atoms with Crippen LogP contribution >= 0.6 is 0 Å². The van der Waals surface area contributed by atoms with Gasteiger partial charge in [0.2, 0.25) is 0 Å². The second kappa shape index (κ2) is 6.80. The van der Waals surface area contributed by atoms with Crippen molar-refractivity contribution in [1.82, 2.24) is 10.3 Å². The van der Waals surface area contributed by atoms with E-state index in [-0.39, 0.29) is 0 Å². The van der Waals surface area contributed by atoms with Gasteiger partial charge >= 0.3 is 0 Å². The normalized spacial score (nSPS) is 8.67. The van der Waals surface area contributed by atoms with Gasteiger partial charge in [-0.3, -0.25) is 4.98 Å². The van der Waals surface area contributed by atoms with Gasteiger partial charge in [0.15, 0.2) is 0 Å². The van der Waals surface area contributed by atoms with Crippen LogP contribution in [0.5, 0.6) is 0 Å². The van der Waals surface area contributed by atoms with Gasteiger partial charge in [-0.25, -0.2) is 0 Å². The van der Waals surface area contributed by atoms with E-state index in [2.05, 4.69) is 16.4 Å². The molecule has 0 radical (unpaired) electrons. The number of hydrogen-bond donors (Lipinski definition) is 1. The summed E-state index contributed by atoms with van der Waals surface area (Å²) in [6.45, 7) is 6.89. The molecule has 0 saturated heterocycles. The largest absolute Gasteiger partial charge is 0.316 e. The first-order chi connectivity index (χ1) is 5.83. The predicted octanol–water partition coefficient (Wildman–Crippen LogP) is 2.14. The molecule has 0 aromatic carbocycles. The van der Waals surface area contributed by atoms with E-state index < -0.39 is 0 Å². The summed E-state index contributed by atoms with van der Waals surface area (Å²) in [6.07, 6.45) is 1.89. The topological polar surface area (TPSA) is 24.9 Å². The molecule has 0 atom stereocenters. The number of aromatic nitrogens is 1. The molecule has 0 bridgehead atoms. The zero-order valence-electron chi connectivity index (χ0n) is 8.39. The monoisotopic (exact) mass is 166 g/mol. The zero-order valence-corrected chi connectivity index (χ0v) is 8.39. The first-order valence-corrected chi connectivity index (χ1v) is 4.39. The molecule has 0 aliphatic heterocycles. The molecule has 12 heavy (non-hydrogen) atoms. The molecule has 0 amide bonds. The number of pyridine rings is 1. The molecule has 0 saturated carbocycles. The SMILES string of the molecule is CC.CNCc1ccc(C)nc1. The van der Waals surface area contributed by atoms with Crippen LogP contribution in [-0.2, 0) is 6.54 Å². The van der Waals surface area contributed by atoms with E-state index in [1.807, 2.05) is 40.1 Å². The maximum absolute atomic E-state index is 4.16. The Balaban J connectivity index is 0.000000561. The third-order valence-corrected chi connectivity index (χ3v) is 1.35. The fraction of sp³-hybridized carbons (Fsp3) is 0.500. The van der Waals surface area contributed by atoms with Gasteiger partial charge in [-0.15, -0.1) is 0 Å². The highest BCUT2D eigenvalue weighted by molar-refractivity contribution is 5.12. The Morgan fingerprint density at radius 1 is 1.33 bits per heavy atom. The lowest BCUT2D eigenvalue weighted by Gasteiger charge is -1.97. The van der Waals surface area contributed by atoms with Crippen LogP contribution in [0.1, 0.15) is 25.1 Å². The molecule has 0 unspecified atom stereocenters. The fourth-order valence-electron chi connectivity index (χ4n) is 0.807. The van der Waals surface area contributed by atoms with Gasteiger partial charge in [0.05, 0.1) is 0 Å². The molecular formula is C10H18N2. The first-order valence-electron chi connectivity index (χ1n) is 4.39. The summed E-state index contributed by atoms with van der Waals surface area (Å²) in [5, 5.41) is 3.06. The summed E-state index contributed by atoms with van der Waals surface area (Å²) < 4.78 is 0. The lowest BCUT2D eigenvalue weighted by Crippen LogP contribution is -2.05. The van der Waals surface area contributed by atoms with E-state index in [0.29, 0.717) is 0 Å². The molecule has 0 aliphatic rings. The van der Waals surface area contributed by atoms with Gasteiger partial charge in [-0.05, 0) is 25.6 Å². The molecular weight excluding hydrogens is 148 g/mol. The molecule has 1 heterocycles. The average molecular weight is 166 g/mol.